The number of pyridine rings is 1. The predicted octanol–water partition coefficient (Wildman–Crippen LogP) is 13.8. The summed E-state index contributed by atoms with van der Waals surface area (Å²) >= 11 is 0. The molecule has 0 unspecified atom stereocenters. The summed E-state index contributed by atoms with van der Waals surface area (Å²) in [4.78, 5) is 15.5. The third-order valence-electron chi connectivity index (χ3n) is 11.3. The molecule has 3 heteroatoms. The largest absolute Gasteiger partial charge is 0.256 e. The Hall–Kier alpha value is -7.49. The molecule has 10 aromatic rings. The Bertz CT molecular complexity index is 3150. The van der Waals surface area contributed by atoms with Gasteiger partial charge in [-0.15, -0.1) is 0 Å². The highest BCUT2D eigenvalue weighted by Gasteiger charge is 2.24. The van der Waals surface area contributed by atoms with E-state index in [0.717, 1.165) is 62.4 Å². The van der Waals surface area contributed by atoms with E-state index in [0.29, 0.717) is 5.82 Å². The lowest BCUT2D eigenvalue weighted by atomic mass is 9.89. The summed E-state index contributed by atoms with van der Waals surface area (Å²) in [6.45, 7) is 0. The van der Waals surface area contributed by atoms with Crippen molar-refractivity contribution in [2.45, 2.75) is 6.42 Å². The quantitative estimate of drug-likeness (QED) is 0.160. The van der Waals surface area contributed by atoms with Crippen LogP contribution in [0.25, 0.3) is 100 Å². The third kappa shape index (κ3) is 5.89. The summed E-state index contributed by atoms with van der Waals surface area (Å²) in [6.07, 6.45) is 2.81. The minimum absolute atomic E-state index is 0.687. The van der Waals surface area contributed by atoms with E-state index in [2.05, 4.69) is 182 Å². The van der Waals surface area contributed by atoms with Crippen molar-refractivity contribution in [1.82, 2.24) is 15.0 Å². The van der Waals surface area contributed by atoms with Crippen LogP contribution in [0.4, 0.5) is 0 Å². The number of benzene rings is 8. The van der Waals surface area contributed by atoms with Crippen LogP contribution in [-0.2, 0) is 6.42 Å². The second-order valence-electron chi connectivity index (χ2n) is 14.8. The smallest absolute Gasteiger partial charge is 0.160 e. The minimum Gasteiger partial charge on any atom is -0.256 e. The third-order valence-corrected chi connectivity index (χ3v) is 11.3. The van der Waals surface area contributed by atoms with Gasteiger partial charge in [0.1, 0.15) is 0 Å². The van der Waals surface area contributed by atoms with Crippen LogP contribution in [0.15, 0.2) is 200 Å². The normalized spacial score (nSPS) is 11.8. The summed E-state index contributed by atoms with van der Waals surface area (Å²) in [6, 6.07) is 69.3. The van der Waals surface area contributed by atoms with Gasteiger partial charge in [0.05, 0.1) is 17.1 Å². The molecule has 0 N–H and O–H groups in total. The molecule has 266 valence electrons. The van der Waals surface area contributed by atoms with Crippen molar-refractivity contribution in [3.63, 3.8) is 0 Å². The number of fused-ring (bicyclic) bond motifs is 6. The van der Waals surface area contributed by atoms with Gasteiger partial charge >= 0.3 is 0 Å². The molecule has 0 fully saturated rings. The first-order chi connectivity index (χ1) is 28.2. The molecule has 1 aliphatic rings. The van der Waals surface area contributed by atoms with Gasteiger partial charge in [-0.2, -0.15) is 0 Å². The fraction of sp³-hybridized carbons (Fsp3) is 0.0185. The van der Waals surface area contributed by atoms with Crippen LogP contribution >= 0.6 is 0 Å². The van der Waals surface area contributed by atoms with Crippen molar-refractivity contribution < 1.29 is 0 Å². The Labute approximate surface area is 331 Å². The standard InChI is InChI=1S/C54H35N3/c1-3-14-35(15-4-1)37-20-13-21-40(28-37)54-56-51(36-16-5-2-6-17-36)34-52(57-54)43-30-41(45-26-27-55-53-46-23-10-8-19-39(46)33-50(45)53)29-42(31-43)49-32-38-18-7-9-22-44(38)47-24-11-12-25-48(47)49/h1-32,34H,33H2. The van der Waals surface area contributed by atoms with Crippen LogP contribution in [-0.4, -0.2) is 15.0 Å². The van der Waals surface area contributed by atoms with Crippen molar-refractivity contribution in [1.29, 1.82) is 0 Å². The van der Waals surface area contributed by atoms with E-state index in [1.807, 2.05) is 18.3 Å². The molecule has 0 saturated carbocycles. The Balaban J connectivity index is 1.17. The molecule has 2 aromatic heterocycles. The van der Waals surface area contributed by atoms with Gasteiger partial charge < -0.3 is 0 Å². The van der Waals surface area contributed by atoms with E-state index in [9.17, 15) is 0 Å². The van der Waals surface area contributed by atoms with Crippen LogP contribution in [0.1, 0.15) is 11.1 Å². The molecule has 0 amide bonds. The topological polar surface area (TPSA) is 38.7 Å². The van der Waals surface area contributed by atoms with Crippen molar-refractivity contribution in [3.05, 3.63) is 211 Å². The summed E-state index contributed by atoms with van der Waals surface area (Å²) in [7, 11) is 0. The average molecular weight is 726 g/mol. The van der Waals surface area contributed by atoms with Gasteiger partial charge in [0.2, 0.25) is 0 Å². The molecule has 0 atom stereocenters. The Kier molecular flexibility index (Phi) is 7.89. The van der Waals surface area contributed by atoms with Gasteiger partial charge in [0, 0.05) is 34.9 Å². The maximum absolute atomic E-state index is 5.40. The first-order valence-electron chi connectivity index (χ1n) is 19.5. The van der Waals surface area contributed by atoms with E-state index < -0.39 is 0 Å². The molecule has 11 rings (SSSR count). The number of hydrogen-bond donors (Lipinski definition) is 0. The Morgan fingerprint density at radius 3 is 1.77 bits per heavy atom. The van der Waals surface area contributed by atoms with Gasteiger partial charge in [0.25, 0.3) is 0 Å². The van der Waals surface area contributed by atoms with Gasteiger partial charge in [-0.1, -0.05) is 152 Å². The predicted molar refractivity (Wildman–Crippen MR) is 236 cm³/mol. The maximum Gasteiger partial charge on any atom is 0.160 e. The lowest BCUT2D eigenvalue weighted by molar-refractivity contribution is 1.18. The van der Waals surface area contributed by atoms with Crippen LogP contribution in [0.2, 0.25) is 0 Å². The first-order valence-corrected chi connectivity index (χ1v) is 19.5. The highest BCUT2D eigenvalue weighted by molar-refractivity contribution is 6.14. The van der Waals surface area contributed by atoms with Crippen molar-refractivity contribution in [3.8, 4) is 78.5 Å². The number of aromatic nitrogens is 3. The minimum atomic E-state index is 0.687. The van der Waals surface area contributed by atoms with Crippen LogP contribution in [0.3, 0.4) is 0 Å². The molecule has 0 saturated heterocycles. The fourth-order valence-electron chi connectivity index (χ4n) is 8.60. The van der Waals surface area contributed by atoms with Crippen molar-refractivity contribution in [2.24, 2.45) is 0 Å². The summed E-state index contributed by atoms with van der Waals surface area (Å²) in [5, 5.41) is 4.93. The number of hydrogen-bond acceptors (Lipinski definition) is 3. The van der Waals surface area contributed by atoms with E-state index in [1.165, 1.54) is 49.4 Å². The van der Waals surface area contributed by atoms with E-state index in [1.54, 1.807) is 0 Å². The molecule has 2 heterocycles. The zero-order valence-electron chi connectivity index (χ0n) is 31.1. The van der Waals surface area contributed by atoms with Crippen molar-refractivity contribution >= 4 is 21.5 Å². The average Bonchev–Trinajstić information content (AvgIpc) is 3.68. The number of nitrogens with zero attached hydrogens (tertiary/aromatic N) is 3. The highest BCUT2D eigenvalue weighted by Crippen LogP contribution is 2.44. The number of rotatable bonds is 6. The second kappa shape index (κ2) is 13.7. The highest BCUT2D eigenvalue weighted by atomic mass is 14.9. The molecule has 8 aromatic carbocycles. The SMILES string of the molecule is c1ccc(-c2cccc(-c3nc(-c4ccccc4)cc(-c4cc(-c5ccnc6c5Cc5ccccc5-6)cc(-c5cc6ccccc6c6ccccc56)c4)n3)c2)cc1. The lowest BCUT2D eigenvalue weighted by Crippen LogP contribution is -1.97. The van der Waals surface area contributed by atoms with Gasteiger partial charge in [-0.25, -0.2) is 9.97 Å². The van der Waals surface area contributed by atoms with Crippen LogP contribution < -0.4 is 0 Å². The first kappa shape index (κ1) is 32.9. The molecule has 0 radical (unpaired) electrons. The van der Waals surface area contributed by atoms with E-state index in [4.69, 9.17) is 15.0 Å². The van der Waals surface area contributed by atoms with E-state index >= 15 is 0 Å². The van der Waals surface area contributed by atoms with Crippen LogP contribution in [0.5, 0.6) is 0 Å². The molecular formula is C54H35N3. The zero-order chi connectivity index (χ0) is 37.7. The van der Waals surface area contributed by atoms with E-state index in [-0.39, 0.29) is 0 Å². The van der Waals surface area contributed by atoms with Crippen LogP contribution in [0, 0.1) is 0 Å². The molecule has 0 bridgehead atoms. The molecule has 1 aliphatic carbocycles. The van der Waals surface area contributed by atoms with Gasteiger partial charge in [0.15, 0.2) is 5.82 Å². The lowest BCUT2D eigenvalue weighted by Gasteiger charge is -2.16. The zero-order valence-corrected chi connectivity index (χ0v) is 31.1. The molecule has 0 spiro atoms. The van der Waals surface area contributed by atoms with Gasteiger partial charge in [-0.05, 0) is 109 Å². The molecule has 3 nitrogen and oxygen atoms in total. The van der Waals surface area contributed by atoms with Gasteiger partial charge in [-0.3, -0.25) is 4.98 Å². The summed E-state index contributed by atoms with van der Waals surface area (Å²) in [5.41, 5.74) is 16.6. The Morgan fingerprint density at radius 2 is 0.947 bits per heavy atom. The molecular weight excluding hydrogens is 691 g/mol. The fourth-order valence-corrected chi connectivity index (χ4v) is 8.60. The summed E-state index contributed by atoms with van der Waals surface area (Å²) < 4.78 is 0. The molecule has 57 heavy (non-hydrogen) atoms. The second-order valence-corrected chi connectivity index (χ2v) is 14.8. The summed E-state index contributed by atoms with van der Waals surface area (Å²) in [5.74, 6) is 0.687. The maximum atomic E-state index is 5.40. The monoisotopic (exact) mass is 725 g/mol. The van der Waals surface area contributed by atoms with Crippen molar-refractivity contribution in [2.75, 3.05) is 0 Å². The Morgan fingerprint density at radius 1 is 0.351 bits per heavy atom. The molecule has 0 aliphatic heterocycles.